The zero-order chi connectivity index (χ0) is 15.0. The molecule has 5 heteroatoms. The molecular formula is C16H17N3O2. The van der Waals surface area contributed by atoms with Gasteiger partial charge in [0.2, 0.25) is 0 Å². The molecule has 0 saturated carbocycles. The summed E-state index contributed by atoms with van der Waals surface area (Å²) in [5, 5.41) is 0. The second kappa shape index (κ2) is 5.01. The molecule has 0 aliphatic rings. The number of nitrogens with two attached hydrogens (primary N) is 1. The van der Waals surface area contributed by atoms with E-state index in [1.807, 2.05) is 47.9 Å². The van der Waals surface area contributed by atoms with Gasteiger partial charge in [0.15, 0.2) is 11.5 Å². The zero-order valence-electron chi connectivity index (χ0n) is 12.3. The molecule has 3 rings (SSSR count). The molecule has 0 bridgehead atoms. The van der Waals surface area contributed by atoms with Crippen LogP contribution in [0.15, 0.2) is 36.5 Å². The van der Waals surface area contributed by atoms with Crippen LogP contribution in [0.3, 0.4) is 0 Å². The third-order valence-corrected chi connectivity index (χ3v) is 3.46. The number of ether oxygens (including phenoxy) is 2. The minimum atomic E-state index is 0.584. The van der Waals surface area contributed by atoms with Crippen LogP contribution in [0, 0.1) is 6.92 Å². The van der Waals surface area contributed by atoms with E-state index in [2.05, 4.69) is 4.98 Å². The summed E-state index contributed by atoms with van der Waals surface area (Å²) in [6.07, 6.45) is 1.97. The van der Waals surface area contributed by atoms with Gasteiger partial charge in [0.25, 0.3) is 0 Å². The van der Waals surface area contributed by atoms with Gasteiger partial charge in [-0.05, 0) is 30.7 Å². The Hall–Kier alpha value is -2.69. The van der Waals surface area contributed by atoms with E-state index >= 15 is 0 Å². The molecule has 0 saturated heterocycles. The third-order valence-electron chi connectivity index (χ3n) is 3.46. The fourth-order valence-electron chi connectivity index (χ4n) is 2.44. The molecule has 0 atom stereocenters. The van der Waals surface area contributed by atoms with E-state index in [-0.39, 0.29) is 0 Å². The lowest BCUT2D eigenvalue weighted by atomic mass is 10.1. The number of methoxy groups -OCH3 is 2. The van der Waals surface area contributed by atoms with Crippen LogP contribution in [0.2, 0.25) is 0 Å². The number of anilines is 1. The number of nitrogen functional groups attached to an aromatic ring is 1. The number of fused-ring (bicyclic) bond motifs is 1. The number of hydrogen-bond acceptors (Lipinski definition) is 4. The van der Waals surface area contributed by atoms with Crippen molar-refractivity contribution in [1.29, 1.82) is 0 Å². The molecule has 0 spiro atoms. The Morgan fingerprint density at radius 3 is 2.62 bits per heavy atom. The molecule has 0 aliphatic heterocycles. The van der Waals surface area contributed by atoms with E-state index in [4.69, 9.17) is 15.2 Å². The second-order valence-corrected chi connectivity index (χ2v) is 4.82. The van der Waals surface area contributed by atoms with Gasteiger partial charge in [-0.15, -0.1) is 0 Å². The summed E-state index contributed by atoms with van der Waals surface area (Å²) in [6.45, 7) is 2.02. The predicted octanol–water partition coefficient (Wildman–Crippen LogP) is 2.91. The van der Waals surface area contributed by atoms with Crippen molar-refractivity contribution >= 4 is 11.5 Å². The van der Waals surface area contributed by atoms with Crippen molar-refractivity contribution in [1.82, 2.24) is 9.38 Å². The lowest BCUT2D eigenvalue weighted by Crippen LogP contribution is -1.97. The van der Waals surface area contributed by atoms with Gasteiger partial charge < -0.3 is 15.2 Å². The van der Waals surface area contributed by atoms with Crippen LogP contribution in [0.1, 0.15) is 5.56 Å². The molecule has 0 unspecified atom stereocenters. The topological polar surface area (TPSA) is 61.8 Å². The van der Waals surface area contributed by atoms with E-state index in [0.29, 0.717) is 23.0 Å². The molecule has 0 radical (unpaired) electrons. The van der Waals surface area contributed by atoms with Crippen molar-refractivity contribution in [2.45, 2.75) is 6.92 Å². The van der Waals surface area contributed by atoms with Crippen LogP contribution in [0.25, 0.3) is 16.9 Å². The van der Waals surface area contributed by atoms with Gasteiger partial charge in [-0.2, -0.15) is 0 Å². The summed E-state index contributed by atoms with van der Waals surface area (Å²) in [5.74, 6) is 1.87. The highest BCUT2D eigenvalue weighted by molar-refractivity contribution is 5.80. The van der Waals surface area contributed by atoms with Crippen molar-refractivity contribution in [2.75, 3.05) is 20.0 Å². The van der Waals surface area contributed by atoms with Gasteiger partial charge in [-0.1, -0.05) is 12.1 Å². The van der Waals surface area contributed by atoms with Crippen LogP contribution in [0.4, 0.5) is 5.82 Å². The predicted molar refractivity (Wildman–Crippen MR) is 82.9 cm³/mol. The standard InChI is InChI=1S/C16H17N3O2/c1-10-7-8-13-18-14(16(17)19(13)9-10)11-5-4-6-12(20-2)15(11)21-3/h4-9H,17H2,1-3H3. The molecule has 2 N–H and O–H groups in total. The Morgan fingerprint density at radius 2 is 1.90 bits per heavy atom. The van der Waals surface area contributed by atoms with Crippen molar-refractivity contribution < 1.29 is 9.47 Å². The Morgan fingerprint density at radius 1 is 1.10 bits per heavy atom. The minimum absolute atomic E-state index is 0.584. The first-order valence-corrected chi connectivity index (χ1v) is 6.61. The van der Waals surface area contributed by atoms with Gasteiger partial charge in [-0.3, -0.25) is 4.40 Å². The molecule has 21 heavy (non-hydrogen) atoms. The fourth-order valence-corrected chi connectivity index (χ4v) is 2.44. The molecular weight excluding hydrogens is 266 g/mol. The molecule has 5 nitrogen and oxygen atoms in total. The monoisotopic (exact) mass is 283 g/mol. The normalized spacial score (nSPS) is 10.8. The summed E-state index contributed by atoms with van der Waals surface area (Å²) in [5.41, 5.74) is 9.69. The highest BCUT2D eigenvalue weighted by Gasteiger charge is 2.18. The third kappa shape index (κ3) is 2.07. The zero-order valence-corrected chi connectivity index (χ0v) is 12.3. The smallest absolute Gasteiger partial charge is 0.170 e. The van der Waals surface area contributed by atoms with Gasteiger partial charge in [0.1, 0.15) is 17.2 Å². The fraction of sp³-hybridized carbons (Fsp3) is 0.188. The molecule has 108 valence electrons. The molecule has 0 amide bonds. The average Bonchev–Trinajstić information content (AvgIpc) is 2.83. The summed E-state index contributed by atoms with van der Waals surface area (Å²) in [6, 6.07) is 9.62. The Bertz CT molecular complexity index is 809. The summed E-state index contributed by atoms with van der Waals surface area (Å²) in [7, 11) is 3.22. The summed E-state index contributed by atoms with van der Waals surface area (Å²) >= 11 is 0. The van der Waals surface area contributed by atoms with E-state index in [1.165, 1.54) is 0 Å². The second-order valence-electron chi connectivity index (χ2n) is 4.82. The first-order chi connectivity index (χ1) is 10.2. The molecule has 2 aromatic heterocycles. The number of para-hydroxylation sites is 1. The number of hydrogen-bond donors (Lipinski definition) is 1. The van der Waals surface area contributed by atoms with Gasteiger partial charge >= 0.3 is 0 Å². The Balaban J connectivity index is 2.28. The van der Waals surface area contributed by atoms with Gasteiger partial charge in [-0.25, -0.2) is 4.98 Å². The van der Waals surface area contributed by atoms with E-state index in [9.17, 15) is 0 Å². The van der Waals surface area contributed by atoms with Crippen LogP contribution >= 0.6 is 0 Å². The molecule has 1 aromatic carbocycles. The maximum Gasteiger partial charge on any atom is 0.170 e. The van der Waals surface area contributed by atoms with Crippen LogP contribution in [0.5, 0.6) is 11.5 Å². The number of rotatable bonds is 3. The maximum absolute atomic E-state index is 6.26. The molecule has 0 fully saturated rings. The minimum Gasteiger partial charge on any atom is -0.493 e. The summed E-state index contributed by atoms with van der Waals surface area (Å²) in [4.78, 5) is 4.61. The van der Waals surface area contributed by atoms with Crippen LogP contribution < -0.4 is 15.2 Å². The van der Waals surface area contributed by atoms with E-state index < -0.39 is 0 Å². The highest BCUT2D eigenvalue weighted by Crippen LogP contribution is 2.39. The van der Waals surface area contributed by atoms with E-state index in [0.717, 1.165) is 16.8 Å². The lowest BCUT2D eigenvalue weighted by molar-refractivity contribution is 0.356. The largest absolute Gasteiger partial charge is 0.493 e. The van der Waals surface area contributed by atoms with E-state index in [1.54, 1.807) is 14.2 Å². The first kappa shape index (κ1) is 13.3. The molecule has 2 heterocycles. The van der Waals surface area contributed by atoms with Crippen molar-refractivity contribution in [2.24, 2.45) is 0 Å². The van der Waals surface area contributed by atoms with Gasteiger partial charge in [0, 0.05) is 11.8 Å². The number of aryl methyl sites for hydroxylation is 1. The number of aromatic nitrogens is 2. The van der Waals surface area contributed by atoms with Crippen LogP contribution in [-0.4, -0.2) is 23.6 Å². The number of benzene rings is 1. The highest BCUT2D eigenvalue weighted by atomic mass is 16.5. The maximum atomic E-state index is 6.26. The molecule has 0 aliphatic carbocycles. The van der Waals surface area contributed by atoms with Crippen molar-refractivity contribution in [3.05, 3.63) is 42.1 Å². The Labute approximate surface area is 122 Å². The quantitative estimate of drug-likeness (QED) is 0.803. The van der Waals surface area contributed by atoms with Crippen LogP contribution in [-0.2, 0) is 0 Å². The van der Waals surface area contributed by atoms with Gasteiger partial charge in [0.05, 0.1) is 14.2 Å². The number of imidazole rings is 1. The number of nitrogens with zero attached hydrogens (tertiary/aromatic N) is 2. The lowest BCUT2D eigenvalue weighted by Gasteiger charge is -2.11. The SMILES string of the molecule is COc1cccc(-c2nc3ccc(C)cn3c2N)c1OC. The molecule has 3 aromatic rings. The first-order valence-electron chi connectivity index (χ1n) is 6.61. The van der Waals surface area contributed by atoms with Crippen molar-refractivity contribution in [3.8, 4) is 22.8 Å². The Kier molecular flexibility index (Phi) is 3.17. The number of pyridine rings is 1. The average molecular weight is 283 g/mol. The van der Waals surface area contributed by atoms with Crippen molar-refractivity contribution in [3.63, 3.8) is 0 Å². The summed E-state index contributed by atoms with van der Waals surface area (Å²) < 4.78 is 12.7.